The van der Waals surface area contributed by atoms with Gasteiger partial charge in [-0.25, -0.2) is 0 Å². The highest BCUT2D eigenvalue weighted by molar-refractivity contribution is 7.05. The number of nitrogens with one attached hydrogen (secondary N) is 1. The lowest BCUT2D eigenvalue weighted by Gasteiger charge is -2.21. The minimum Gasteiger partial charge on any atom is -0.309 e. The molecule has 0 fully saturated rings. The normalized spacial score (nSPS) is 15.6. The zero-order valence-electron chi connectivity index (χ0n) is 8.45. The first-order chi connectivity index (χ1) is 6.29. The zero-order valence-corrected chi connectivity index (χ0v) is 9.27. The van der Waals surface area contributed by atoms with Gasteiger partial charge in [0.05, 0.1) is 11.1 Å². The van der Waals surface area contributed by atoms with E-state index in [4.69, 9.17) is 0 Å². The lowest BCUT2D eigenvalue weighted by atomic mass is 9.98. The molecule has 0 saturated heterocycles. The SMILES string of the molecule is CCNC(c1cnns1)C(C)CC. The Morgan fingerprint density at radius 3 is 2.77 bits per heavy atom. The first-order valence-corrected chi connectivity index (χ1v) is 5.57. The highest BCUT2D eigenvalue weighted by atomic mass is 32.1. The monoisotopic (exact) mass is 199 g/mol. The number of aromatic nitrogens is 2. The van der Waals surface area contributed by atoms with Gasteiger partial charge in [-0.2, -0.15) is 0 Å². The predicted octanol–water partition coefficient (Wildman–Crippen LogP) is 2.23. The Bertz CT molecular complexity index is 223. The third-order valence-electron chi connectivity index (χ3n) is 2.32. The van der Waals surface area contributed by atoms with Crippen LogP contribution in [0.4, 0.5) is 0 Å². The first-order valence-electron chi connectivity index (χ1n) is 4.80. The van der Waals surface area contributed by atoms with Crippen LogP contribution >= 0.6 is 11.5 Å². The van der Waals surface area contributed by atoms with Gasteiger partial charge in [-0.05, 0) is 24.0 Å². The van der Waals surface area contributed by atoms with Crippen LogP contribution in [-0.2, 0) is 0 Å². The summed E-state index contributed by atoms with van der Waals surface area (Å²) in [6, 6.07) is 0.426. The van der Waals surface area contributed by atoms with Crippen molar-refractivity contribution in [2.24, 2.45) is 5.92 Å². The van der Waals surface area contributed by atoms with Gasteiger partial charge in [0.25, 0.3) is 0 Å². The standard InChI is InChI=1S/C9H17N3S/c1-4-7(3)9(10-5-2)8-6-11-12-13-8/h6-7,9-10H,4-5H2,1-3H3. The molecule has 0 aliphatic carbocycles. The highest BCUT2D eigenvalue weighted by Gasteiger charge is 2.18. The van der Waals surface area contributed by atoms with Gasteiger partial charge in [-0.15, -0.1) is 5.10 Å². The van der Waals surface area contributed by atoms with Crippen LogP contribution in [0.1, 0.15) is 38.1 Å². The second-order valence-electron chi connectivity index (χ2n) is 3.24. The summed E-state index contributed by atoms with van der Waals surface area (Å²) in [4.78, 5) is 1.25. The topological polar surface area (TPSA) is 37.8 Å². The Labute approximate surface area is 83.7 Å². The molecule has 1 heterocycles. The first kappa shape index (κ1) is 10.6. The van der Waals surface area contributed by atoms with Crippen LogP contribution in [0.25, 0.3) is 0 Å². The number of rotatable bonds is 5. The van der Waals surface area contributed by atoms with Gasteiger partial charge < -0.3 is 5.32 Å². The molecule has 2 atom stereocenters. The van der Waals surface area contributed by atoms with Crippen molar-refractivity contribution in [1.82, 2.24) is 14.9 Å². The Kier molecular flexibility index (Phi) is 4.32. The maximum absolute atomic E-state index is 3.89. The van der Waals surface area contributed by atoms with Crippen molar-refractivity contribution < 1.29 is 0 Å². The summed E-state index contributed by atoms with van der Waals surface area (Å²) in [5.74, 6) is 0.641. The second kappa shape index (κ2) is 5.29. The maximum Gasteiger partial charge on any atom is 0.0669 e. The molecular formula is C9H17N3S. The van der Waals surface area contributed by atoms with Gasteiger partial charge in [-0.3, -0.25) is 0 Å². The van der Waals surface area contributed by atoms with Crippen LogP contribution in [-0.4, -0.2) is 16.1 Å². The van der Waals surface area contributed by atoms with Crippen LogP contribution in [0.3, 0.4) is 0 Å². The van der Waals surface area contributed by atoms with Crippen molar-refractivity contribution in [1.29, 1.82) is 0 Å². The Hall–Kier alpha value is -0.480. The zero-order chi connectivity index (χ0) is 9.68. The summed E-state index contributed by atoms with van der Waals surface area (Å²) >= 11 is 1.49. The van der Waals surface area contributed by atoms with Gasteiger partial charge >= 0.3 is 0 Å². The summed E-state index contributed by atoms with van der Waals surface area (Å²) in [5.41, 5.74) is 0. The van der Waals surface area contributed by atoms with Crippen LogP contribution in [0, 0.1) is 5.92 Å². The third kappa shape index (κ3) is 2.74. The van der Waals surface area contributed by atoms with Crippen molar-refractivity contribution in [3.8, 4) is 0 Å². The predicted molar refractivity (Wildman–Crippen MR) is 55.8 cm³/mol. The molecule has 1 rings (SSSR count). The fourth-order valence-electron chi connectivity index (χ4n) is 1.35. The fourth-order valence-corrected chi connectivity index (χ4v) is 2.06. The quantitative estimate of drug-likeness (QED) is 0.790. The van der Waals surface area contributed by atoms with E-state index in [2.05, 4.69) is 35.7 Å². The molecule has 0 amide bonds. The van der Waals surface area contributed by atoms with E-state index in [1.807, 2.05) is 6.20 Å². The molecular weight excluding hydrogens is 182 g/mol. The van der Waals surface area contributed by atoms with Crippen LogP contribution in [0.5, 0.6) is 0 Å². The van der Waals surface area contributed by atoms with Gasteiger partial charge in [0.2, 0.25) is 0 Å². The smallest absolute Gasteiger partial charge is 0.0669 e. The van der Waals surface area contributed by atoms with E-state index in [1.165, 1.54) is 22.8 Å². The van der Waals surface area contributed by atoms with Gasteiger partial charge in [0, 0.05) is 6.04 Å². The molecule has 0 saturated carbocycles. The lowest BCUT2D eigenvalue weighted by Crippen LogP contribution is -2.25. The van der Waals surface area contributed by atoms with E-state index < -0.39 is 0 Å². The molecule has 3 nitrogen and oxygen atoms in total. The summed E-state index contributed by atoms with van der Waals surface area (Å²) in [6.45, 7) is 7.59. The summed E-state index contributed by atoms with van der Waals surface area (Å²) in [7, 11) is 0. The number of hydrogen-bond acceptors (Lipinski definition) is 4. The summed E-state index contributed by atoms with van der Waals surface area (Å²) in [6.07, 6.45) is 3.04. The molecule has 4 heteroatoms. The van der Waals surface area contributed by atoms with Crippen LogP contribution in [0.2, 0.25) is 0 Å². The molecule has 1 aromatic heterocycles. The summed E-state index contributed by atoms with van der Waals surface area (Å²) in [5, 5.41) is 7.34. The fraction of sp³-hybridized carbons (Fsp3) is 0.778. The summed E-state index contributed by atoms with van der Waals surface area (Å²) < 4.78 is 3.89. The molecule has 0 bridgehead atoms. The lowest BCUT2D eigenvalue weighted by molar-refractivity contribution is 0.388. The van der Waals surface area contributed by atoms with E-state index in [0.717, 1.165) is 6.54 Å². The molecule has 0 aromatic carbocycles. The Morgan fingerprint density at radius 1 is 1.54 bits per heavy atom. The Morgan fingerprint density at radius 2 is 2.31 bits per heavy atom. The minimum atomic E-state index is 0.426. The van der Waals surface area contributed by atoms with Crippen LogP contribution in [0.15, 0.2) is 6.20 Å². The van der Waals surface area contributed by atoms with Gasteiger partial charge in [0.1, 0.15) is 0 Å². The molecule has 0 aliphatic rings. The van der Waals surface area contributed by atoms with Crippen molar-refractivity contribution in [2.45, 2.75) is 33.2 Å². The van der Waals surface area contributed by atoms with E-state index in [0.29, 0.717) is 12.0 Å². The van der Waals surface area contributed by atoms with Gasteiger partial charge in [-0.1, -0.05) is 31.7 Å². The molecule has 1 N–H and O–H groups in total. The van der Waals surface area contributed by atoms with E-state index in [-0.39, 0.29) is 0 Å². The number of hydrogen-bond donors (Lipinski definition) is 1. The molecule has 13 heavy (non-hydrogen) atoms. The second-order valence-corrected chi connectivity index (χ2v) is 4.06. The molecule has 1 aromatic rings. The average molecular weight is 199 g/mol. The van der Waals surface area contributed by atoms with Crippen molar-refractivity contribution in [2.75, 3.05) is 6.54 Å². The van der Waals surface area contributed by atoms with E-state index >= 15 is 0 Å². The molecule has 2 unspecified atom stereocenters. The Balaban J connectivity index is 2.68. The van der Waals surface area contributed by atoms with E-state index in [9.17, 15) is 0 Å². The van der Waals surface area contributed by atoms with Crippen molar-refractivity contribution in [3.63, 3.8) is 0 Å². The van der Waals surface area contributed by atoms with Gasteiger partial charge in [0.15, 0.2) is 0 Å². The van der Waals surface area contributed by atoms with E-state index in [1.54, 1.807) is 0 Å². The maximum atomic E-state index is 3.89. The molecule has 0 spiro atoms. The average Bonchev–Trinajstić information content (AvgIpc) is 2.65. The highest BCUT2D eigenvalue weighted by Crippen LogP contribution is 2.25. The molecule has 74 valence electrons. The van der Waals surface area contributed by atoms with Crippen LogP contribution < -0.4 is 5.32 Å². The van der Waals surface area contributed by atoms with Crippen molar-refractivity contribution in [3.05, 3.63) is 11.1 Å². The van der Waals surface area contributed by atoms with Crippen molar-refractivity contribution >= 4 is 11.5 Å². The molecule has 0 aliphatic heterocycles. The third-order valence-corrected chi connectivity index (χ3v) is 3.07. The minimum absolute atomic E-state index is 0.426. The number of nitrogens with zero attached hydrogens (tertiary/aromatic N) is 2. The molecule has 0 radical (unpaired) electrons. The largest absolute Gasteiger partial charge is 0.309 e.